The number of hydrogen-bond donors (Lipinski definition) is 0. The van der Waals surface area contributed by atoms with Crippen LogP contribution in [0.15, 0.2) is 23.1 Å². The van der Waals surface area contributed by atoms with E-state index in [1.807, 2.05) is 11.8 Å². The van der Waals surface area contributed by atoms with Crippen LogP contribution in [0.3, 0.4) is 0 Å². The lowest BCUT2D eigenvalue weighted by atomic mass is 9.91. The molecule has 8 heteroatoms. The van der Waals surface area contributed by atoms with Gasteiger partial charge in [0, 0.05) is 19.2 Å². The standard InChI is InChI=1S/C23H32FNO5S/c1-3-31(27,28)21-5-4-18(15-20(21)24)29-13-8-17-14-19(17)16-6-11-25(12-7-16)22(26)30-23(2)9-10-23/h4-5,15-17,19H,3,6-14H2,1-2H3. The predicted octanol–water partition coefficient (Wildman–Crippen LogP) is 4.43. The fraction of sp³-hybridized carbons (Fsp3) is 0.696. The van der Waals surface area contributed by atoms with Crippen LogP contribution in [0.2, 0.25) is 0 Å². The third-order valence-electron chi connectivity index (χ3n) is 7.04. The Balaban J connectivity index is 1.17. The molecule has 1 aromatic rings. The first kappa shape index (κ1) is 22.4. The maximum Gasteiger partial charge on any atom is 0.410 e. The molecule has 1 aromatic carbocycles. The Morgan fingerprint density at radius 1 is 1.26 bits per heavy atom. The Bertz CT molecular complexity index is 922. The molecular weight excluding hydrogens is 421 g/mol. The summed E-state index contributed by atoms with van der Waals surface area (Å²) in [4.78, 5) is 13.8. The van der Waals surface area contributed by atoms with Crippen molar-refractivity contribution in [1.29, 1.82) is 0 Å². The lowest BCUT2D eigenvalue weighted by Crippen LogP contribution is -2.40. The van der Waals surface area contributed by atoms with E-state index in [0.717, 1.165) is 51.3 Å². The molecule has 3 aliphatic rings. The van der Waals surface area contributed by atoms with E-state index in [1.165, 1.54) is 25.5 Å². The fourth-order valence-electron chi connectivity index (χ4n) is 4.55. The Morgan fingerprint density at radius 3 is 2.58 bits per heavy atom. The van der Waals surface area contributed by atoms with E-state index in [2.05, 4.69) is 0 Å². The average molecular weight is 454 g/mol. The molecule has 1 heterocycles. The molecule has 2 aliphatic carbocycles. The van der Waals surface area contributed by atoms with Crippen molar-refractivity contribution in [3.8, 4) is 5.75 Å². The Labute approximate surface area is 184 Å². The molecule has 1 aliphatic heterocycles. The third kappa shape index (κ3) is 5.33. The Hall–Kier alpha value is -1.83. The van der Waals surface area contributed by atoms with Crippen molar-refractivity contribution in [2.75, 3.05) is 25.4 Å². The van der Waals surface area contributed by atoms with E-state index in [9.17, 15) is 17.6 Å². The van der Waals surface area contributed by atoms with Gasteiger partial charge >= 0.3 is 6.09 Å². The number of benzene rings is 1. The van der Waals surface area contributed by atoms with Crippen molar-refractivity contribution in [2.24, 2.45) is 17.8 Å². The first-order valence-electron chi connectivity index (χ1n) is 11.3. The topological polar surface area (TPSA) is 72.9 Å². The molecule has 2 saturated carbocycles. The van der Waals surface area contributed by atoms with Gasteiger partial charge in [-0.1, -0.05) is 6.92 Å². The summed E-state index contributed by atoms with van der Waals surface area (Å²) in [5, 5.41) is 0. The van der Waals surface area contributed by atoms with E-state index >= 15 is 0 Å². The van der Waals surface area contributed by atoms with E-state index in [-0.39, 0.29) is 22.3 Å². The maximum atomic E-state index is 14.1. The summed E-state index contributed by atoms with van der Waals surface area (Å²) < 4.78 is 49.0. The third-order valence-corrected chi connectivity index (χ3v) is 8.81. The molecule has 0 bridgehead atoms. The second-order valence-electron chi connectivity index (χ2n) is 9.43. The highest BCUT2D eigenvalue weighted by molar-refractivity contribution is 7.91. The highest BCUT2D eigenvalue weighted by Crippen LogP contribution is 2.50. The van der Waals surface area contributed by atoms with Gasteiger partial charge in [-0.25, -0.2) is 17.6 Å². The lowest BCUT2D eigenvalue weighted by molar-refractivity contribution is 0.0473. The zero-order valence-corrected chi connectivity index (χ0v) is 19.1. The number of likely N-dealkylation sites (tertiary alicyclic amines) is 1. The number of hydrogen-bond acceptors (Lipinski definition) is 5. The van der Waals surface area contributed by atoms with E-state index in [0.29, 0.717) is 30.1 Å². The van der Waals surface area contributed by atoms with Crippen molar-refractivity contribution in [3.05, 3.63) is 24.0 Å². The zero-order chi connectivity index (χ0) is 22.2. The summed E-state index contributed by atoms with van der Waals surface area (Å²) in [5.74, 6) is 1.40. The monoisotopic (exact) mass is 453 g/mol. The molecule has 3 fully saturated rings. The molecule has 1 amide bonds. The van der Waals surface area contributed by atoms with Crippen LogP contribution in [0.25, 0.3) is 0 Å². The van der Waals surface area contributed by atoms with Crippen molar-refractivity contribution in [3.63, 3.8) is 0 Å². The second kappa shape index (κ2) is 8.60. The Morgan fingerprint density at radius 2 is 1.97 bits per heavy atom. The van der Waals surface area contributed by atoms with Gasteiger partial charge in [0.2, 0.25) is 0 Å². The summed E-state index contributed by atoms with van der Waals surface area (Å²) in [5.41, 5.74) is -0.219. The number of piperidine rings is 1. The van der Waals surface area contributed by atoms with Crippen molar-refractivity contribution >= 4 is 15.9 Å². The van der Waals surface area contributed by atoms with Crippen molar-refractivity contribution < 1.29 is 27.1 Å². The van der Waals surface area contributed by atoms with Gasteiger partial charge in [-0.2, -0.15) is 0 Å². The quantitative estimate of drug-likeness (QED) is 0.582. The molecule has 4 rings (SSSR count). The molecular formula is C23H32FNO5S. The van der Waals surface area contributed by atoms with Gasteiger partial charge in [0.05, 0.1) is 12.4 Å². The van der Waals surface area contributed by atoms with Crippen LogP contribution in [0.1, 0.15) is 52.4 Å². The van der Waals surface area contributed by atoms with Gasteiger partial charge in [0.15, 0.2) is 9.84 Å². The van der Waals surface area contributed by atoms with Gasteiger partial charge in [0.1, 0.15) is 22.1 Å². The first-order chi connectivity index (χ1) is 14.7. The van der Waals surface area contributed by atoms with Gasteiger partial charge in [0.25, 0.3) is 0 Å². The number of amides is 1. The molecule has 2 unspecified atom stereocenters. The highest BCUT2D eigenvalue weighted by atomic mass is 32.2. The van der Waals surface area contributed by atoms with Crippen LogP contribution in [0.4, 0.5) is 9.18 Å². The number of nitrogens with zero attached hydrogens (tertiary/aromatic N) is 1. The predicted molar refractivity (Wildman–Crippen MR) is 114 cm³/mol. The van der Waals surface area contributed by atoms with Crippen LogP contribution in [0, 0.1) is 23.6 Å². The molecule has 0 aromatic heterocycles. The van der Waals surface area contributed by atoms with Crippen LogP contribution < -0.4 is 4.74 Å². The summed E-state index contributed by atoms with van der Waals surface area (Å²) in [6.07, 6.45) is 5.90. The molecule has 2 atom stereocenters. The molecule has 6 nitrogen and oxygen atoms in total. The molecule has 31 heavy (non-hydrogen) atoms. The summed E-state index contributed by atoms with van der Waals surface area (Å²) in [7, 11) is -3.57. The lowest BCUT2D eigenvalue weighted by Gasteiger charge is -2.32. The van der Waals surface area contributed by atoms with Crippen LogP contribution in [-0.4, -0.2) is 50.5 Å². The van der Waals surface area contributed by atoms with E-state index in [4.69, 9.17) is 9.47 Å². The number of carbonyl (C=O) groups is 1. The molecule has 1 saturated heterocycles. The average Bonchev–Trinajstić information content (AvgIpc) is 3.66. The first-order valence-corrected chi connectivity index (χ1v) is 13.0. The number of carbonyl (C=O) groups excluding carboxylic acids is 1. The maximum absolute atomic E-state index is 14.1. The number of rotatable bonds is 8. The summed E-state index contributed by atoms with van der Waals surface area (Å²) in [6, 6.07) is 3.96. The molecule has 0 spiro atoms. The van der Waals surface area contributed by atoms with E-state index in [1.54, 1.807) is 0 Å². The molecule has 0 radical (unpaired) electrons. The van der Waals surface area contributed by atoms with Gasteiger partial charge < -0.3 is 14.4 Å². The normalized spacial score (nSPS) is 25.2. The van der Waals surface area contributed by atoms with Gasteiger partial charge in [-0.3, -0.25) is 0 Å². The number of halogens is 1. The van der Waals surface area contributed by atoms with Gasteiger partial charge in [-0.05, 0) is 75.3 Å². The number of sulfone groups is 1. The van der Waals surface area contributed by atoms with Crippen LogP contribution in [0.5, 0.6) is 5.75 Å². The largest absolute Gasteiger partial charge is 0.493 e. The van der Waals surface area contributed by atoms with Crippen LogP contribution >= 0.6 is 0 Å². The van der Waals surface area contributed by atoms with E-state index < -0.39 is 15.7 Å². The minimum atomic E-state index is -3.57. The highest BCUT2D eigenvalue weighted by Gasteiger charge is 2.45. The SMILES string of the molecule is CCS(=O)(=O)c1ccc(OCCC2CC2C2CCN(C(=O)OC3(C)CC3)CC2)cc1F. The zero-order valence-electron chi connectivity index (χ0n) is 18.3. The second-order valence-corrected chi connectivity index (χ2v) is 11.7. The molecule has 0 N–H and O–H groups in total. The van der Waals surface area contributed by atoms with Crippen molar-refractivity contribution in [2.45, 2.75) is 62.9 Å². The minimum absolute atomic E-state index is 0.132. The van der Waals surface area contributed by atoms with Crippen LogP contribution in [-0.2, 0) is 14.6 Å². The Kier molecular flexibility index (Phi) is 6.21. The van der Waals surface area contributed by atoms with Crippen molar-refractivity contribution in [1.82, 2.24) is 4.90 Å². The molecule has 172 valence electrons. The fourth-order valence-corrected chi connectivity index (χ4v) is 5.49. The smallest absolute Gasteiger partial charge is 0.410 e. The summed E-state index contributed by atoms with van der Waals surface area (Å²) in [6.45, 7) is 5.51. The number of ether oxygens (including phenoxy) is 2. The van der Waals surface area contributed by atoms with Gasteiger partial charge in [-0.15, -0.1) is 0 Å². The summed E-state index contributed by atoms with van der Waals surface area (Å²) >= 11 is 0. The minimum Gasteiger partial charge on any atom is -0.493 e.